The van der Waals surface area contributed by atoms with Crippen LogP contribution in [0.3, 0.4) is 0 Å². The molecule has 0 amide bonds. The summed E-state index contributed by atoms with van der Waals surface area (Å²) in [7, 11) is 0. The standard InChI is InChI=1S/C24H37N7/c1-2-25-24(26-14-13-23-29-28-22-8-4-3-5-17-31(22)23)27-18-20-9-11-21(12-10-20)19-30-15-6-7-16-30/h9-12H,2-8,13-19H2,1H3,(H2,25,26,27). The first kappa shape index (κ1) is 21.8. The number of aliphatic imine (C=N–C) groups is 1. The van der Waals surface area contributed by atoms with Crippen LogP contribution in [0.15, 0.2) is 29.3 Å². The van der Waals surface area contributed by atoms with E-state index in [2.05, 4.69) is 61.5 Å². The molecule has 0 spiro atoms. The average molecular weight is 424 g/mol. The smallest absolute Gasteiger partial charge is 0.191 e. The van der Waals surface area contributed by atoms with E-state index in [4.69, 9.17) is 4.99 Å². The minimum atomic E-state index is 0.680. The molecule has 0 atom stereocenters. The lowest BCUT2D eigenvalue weighted by molar-refractivity contribution is 0.331. The molecule has 4 rings (SSSR count). The SMILES string of the molecule is CCNC(=NCc1ccc(CN2CCCC2)cc1)NCCc1nnc2n1CCCCC2. The summed E-state index contributed by atoms with van der Waals surface area (Å²) in [4.78, 5) is 7.32. The first-order chi connectivity index (χ1) is 15.3. The van der Waals surface area contributed by atoms with Gasteiger partial charge in [-0.2, -0.15) is 0 Å². The van der Waals surface area contributed by atoms with Crippen molar-refractivity contribution >= 4 is 5.96 Å². The lowest BCUT2D eigenvalue weighted by Gasteiger charge is -2.14. The van der Waals surface area contributed by atoms with E-state index in [1.165, 1.54) is 56.3 Å². The molecule has 0 radical (unpaired) electrons. The maximum Gasteiger partial charge on any atom is 0.191 e. The van der Waals surface area contributed by atoms with Gasteiger partial charge in [-0.25, -0.2) is 4.99 Å². The van der Waals surface area contributed by atoms with Gasteiger partial charge in [0.1, 0.15) is 11.6 Å². The Labute approximate surface area is 186 Å². The van der Waals surface area contributed by atoms with E-state index >= 15 is 0 Å². The molecule has 0 bridgehead atoms. The van der Waals surface area contributed by atoms with E-state index in [0.717, 1.165) is 56.6 Å². The van der Waals surface area contributed by atoms with Crippen LogP contribution in [0.25, 0.3) is 0 Å². The van der Waals surface area contributed by atoms with Crippen LogP contribution in [0.1, 0.15) is 61.8 Å². The highest BCUT2D eigenvalue weighted by atomic mass is 15.3. The quantitative estimate of drug-likeness (QED) is 0.505. The first-order valence-corrected chi connectivity index (χ1v) is 12.0. The lowest BCUT2D eigenvalue weighted by atomic mass is 10.1. The number of rotatable bonds is 8. The number of aromatic nitrogens is 3. The highest BCUT2D eigenvalue weighted by molar-refractivity contribution is 5.79. The summed E-state index contributed by atoms with van der Waals surface area (Å²) in [6.45, 7) is 9.03. The van der Waals surface area contributed by atoms with Crippen molar-refractivity contribution < 1.29 is 0 Å². The van der Waals surface area contributed by atoms with Crippen LogP contribution in [0.2, 0.25) is 0 Å². The monoisotopic (exact) mass is 423 g/mol. The minimum absolute atomic E-state index is 0.680. The van der Waals surface area contributed by atoms with Crippen LogP contribution in [0.5, 0.6) is 0 Å². The van der Waals surface area contributed by atoms with Crippen LogP contribution in [0, 0.1) is 0 Å². The van der Waals surface area contributed by atoms with Gasteiger partial charge in [0.15, 0.2) is 5.96 Å². The van der Waals surface area contributed by atoms with Gasteiger partial charge in [-0.3, -0.25) is 4.90 Å². The number of nitrogens with one attached hydrogen (secondary N) is 2. The molecule has 2 aromatic rings. The highest BCUT2D eigenvalue weighted by Crippen LogP contribution is 2.15. The third-order valence-electron chi connectivity index (χ3n) is 6.22. The predicted molar refractivity (Wildman–Crippen MR) is 125 cm³/mol. The Kier molecular flexibility index (Phi) is 7.93. The van der Waals surface area contributed by atoms with Gasteiger partial charge >= 0.3 is 0 Å². The molecule has 0 unspecified atom stereocenters. The van der Waals surface area contributed by atoms with Gasteiger partial charge in [0.2, 0.25) is 0 Å². The summed E-state index contributed by atoms with van der Waals surface area (Å²) >= 11 is 0. The van der Waals surface area contributed by atoms with E-state index in [9.17, 15) is 0 Å². The molecular formula is C24H37N7. The first-order valence-electron chi connectivity index (χ1n) is 12.0. The van der Waals surface area contributed by atoms with Crippen molar-refractivity contribution in [2.24, 2.45) is 4.99 Å². The molecule has 1 aromatic heterocycles. The summed E-state index contributed by atoms with van der Waals surface area (Å²) in [5.74, 6) is 3.11. The van der Waals surface area contributed by atoms with Gasteiger partial charge in [0.05, 0.1) is 6.54 Å². The molecule has 1 saturated heterocycles. The number of aryl methyl sites for hydroxylation is 1. The molecule has 1 aromatic carbocycles. The number of guanidine groups is 1. The van der Waals surface area contributed by atoms with Gasteiger partial charge in [-0.05, 0) is 56.8 Å². The van der Waals surface area contributed by atoms with Crippen LogP contribution < -0.4 is 10.6 Å². The fraction of sp³-hybridized carbons (Fsp3) is 0.625. The zero-order valence-electron chi connectivity index (χ0n) is 18.9. The van der Waals surface area contributed by atoms with E-state index in [1.807, 2.05) is 0 Å². The Morgan fingerprint density at radius 1 is 0.935 bits per heavy atom. The maximum absolute atomic E-state index is 4.78. The fourth-order valence-corrected chi connectivity index (χ4v) is 4.48. The Bertz CT molecular complexity index is 834. The number of nitrogens with zero attached hydrogens (tertiary/aromatic N) is 5. The second-order valence-corrected chi connectivity index (χ2v) is 8.67. The van der Waals surface area contributed by atoms with Crippen molar-refractivity contribution in [1.82, 2.24) is 30.3 Å². The Hall–Kier alpha value is -2.41. The Morgan fingerprint density at radius 2 is 1.71 bits per heavy atom. The van der Waals surface area contributed by atoms with Crippen LogP contribution in [0.4, 0.5) is 0 Å². The summed E-state index contributed by atoms with van der Waals surface area (Å²) in [6, 6.07) is 8.93. The molecule has 168 valence electrons. The van der Waals surface area contributed by atoms with Crippen molar-refractivity contribution in [3.8, 4) is 0 Å². The summed E-state index contributed by atoms with van der Waals surface area (Å²) < 4.78 is 2.32. The summed E-state index contributed by atoms with van der Waals surface area (Å²) in [5.41, 5.74) is 2.64. The zero-order valence-corrected chi connectivity index (χ0v) is 18.9. The Balaban J connectivity index is 1.27. The molecule has 2 N–H and O–H groups in total. The number of benzene rings is 1. The number of hydrogen-bond acceptors (Lipinski definition) is 4. The third kappa shape index (κ3) is 6.29. The Morgan fingerprint density at radius 3 is 2.52 bits per heavy atom. The second kappa shape index (κ2) is 11.3. The van der Waals surface area contributed by atoms with Gasteiger partial charge in [0, 0.05) is 39.0 Å². The third-order valence-corrected chi connectivity index (χ3v) is 6.22. The van der Waals surface area contributed by atoms with Crippen molar-refractivity contribution in [2.75, 3.05) is 26.2 Å². The summed E-state index contributed by atoms with van der Waals surface area (Å²) in [6.07, 6.45) is 8.35. The molecule has 2 aliphatic rings. The van der Waals surface area contributed by atoms with Gasteiger partial charge in [-0.1, -0.05) is 30.7 Å². The highest BCUT2D eigenvalue weighted by Gasteiger charge is 2.14. The molecule has 7 nitrogen and oxygen atoms in total. The zero-order chi connectivity index (χ0) is 21.3. The molecule has 0 aliphatic carbocycles. The second-order valence-electron chi connectivity index (χ2n) is 8.67. The lowest BCUT2D eigenvalue weighted by Crippen LogP contribution is -2.38. The average Bonchev–Trinajstić information content (AvgIpc) is 3.37. The molecule has 2 aliphatic heterocycles. The van der Waals surface area contributed by atoms with E-state index in [1.54, 1.807) is 0 Å². The van der Waals surface area contributed by atoms with E-state index < -0.39 is 0 Å². The molecule has 1 fully saturated rings. The van der Waals surface area contributed by atoms with Crippen molar-refractivity contribution in [1.29, 1.82) is 0 Å². The van der Waals surface area contributed by atoms with E-state index in [-0.39, 0.29) is 0 Å². The normalized spacial score (nSPS) is 17.4. The van der Waals surface area contributed by atoms with Crippen molar-refractivity contribution in [3.63, 3.8) is 0 Å². The van der Waals surface area contributed by atoms with Crippen LogP contribution >= 0.6 is 0 Å². The molecule has 31 heavy (non-hydrogen) atoms. The number of fused-ring (bicyclic) bond motifs is 1. The number of likely N-dealkylation sites (tertiary alicyclic amines) is 1. The largest absolute Gasteiger partial charge is 0.357 e. The molecular weight excluding hydrogens is 386 g/mol. The maximum atomic E-state index is 4.78. The van der Waals surface area contributed by atoms with E-state index in [0.29, 0.717) is 6.54 Å². The fourth-order valence-electron chi connectivity index (χ4n) is 4.48. The topological polar surface area (TPSA) is 70.4 Å². The molecule has 7 heteroatoms. The van der Waals surface area contributed by atoms with Crippen LogP contribution in [-0.2, 0) is 32.5 Å². The van der Waals surface area contributed by atoms with Gasteiger partial charge in [0.25, 0.3) is 0 Å². The molecule has 3 heterocycles. The van der Waals surface area contributed by atoms with Gasteiger partial charge < -0.3 is 15.2 Å². The van der Waals surface area contributed by atoms with Crippen LogP contribution in [-0.4, -0.2) is 51.8 Å². The van der Waals surface area contributed by atoms with Crippen molar-refractivity contribution in [2.45, 2.75) is 71.5 Å². The molecule has 0 saturated carbocycles. The number of hydrogen-bond donors (Lipinski definition) is 2. The summed E-state index contributed by atoms with van der Waals surface area (Å²) in [5, 5.41) is 15.6. The van der Waals surface area contributed by atoms with Gasteiger partial charge in [-0.15, -0.1) is 10.2 Å². The minimum Gasteiger partial charge on any atom is -0.357 e. The van der Waals surface area contributed by atoms with Crippen molar-refractivity contribution in [3.05, 3.63) is 47.0 Å². The predicted octanol–water partition coefficient (Wildman–Crippen LogP) is 2.90.